The number of hydrogen-bond donors (Lipinski definition) is 0. The lowest BCUT2D eigenvalue weighted by molar-refractivity contribution is -0.0442. The van der Waals surface area contributed by atoms with Crippen molar-refractivity contribution in [2.75, 3.05) is 75.6 Å². The molecule has 9 nitrogen and oxygen atoms in total. The first-order valence-electron chi connectivity index (χ1n) is 11.7. The summed E-state index contributed by atoms with van der Waals surface area (Å²) in [7, 11) is 0. The number of ether oxygens (including phenoxy) is 5. The Bertz CT molecular complexity index is 1070. The van der Waals surface area contributed by atoms with Crippen molar-refractivity contribution in [2.45, 2.75) is 13.2 Å². The lowest BCUT2D eigenvalue weighted by Gasteiger charge is -2.25. The summed E-state index contributed by atoms with van der Waals surface area (Å²) >= 11 is 0. The van der Waals surface area contributed by atoms with Crippen molar-refractivity contribution in [3.8, 4) is 23.6 Å². The number of nitrogens with zero attached hydrogens (tertiary/aromatic N) is 4. The van der Waals surface area contributed by atoms with E-state index in [0.717, 1.165) is 22.5 Å². The number of rotatable bonds is 3. The second-order valence-corrected chi connectivity index (χ2v) is 8.24. The zero-order valence-electron chi connectivity index (χ0n) is 19.9. The van der Waals surface area contributed by atoms with Crippen LogP contribution in [0.4, 0.5) is 11.4 Å². The second-order valence-electron chi connectivity index (χ2n) is 8.24. The molecule has 0 aliphatic carbocycles. The number of anilines is 2. The average molecular weight is 479 g/mol. The van der Waals surface area contributed by atoms with Crippen LogP contribution in [0.25, 0.3) is 0 Å². The normalized spacial score (nSPS) is 17.6. The van der Waals surface area contributed by atoms with Crippen molar-refractivity contribution in [1.82, 2.24) is 0 Å². The molecule has 2 aromatic rings. The van der Waals surface area contributed by atoms with Gasteiger partial charge in [0.05, 0.1) is 49.9 Å². The van der Waals surface area contributed by atoms with Gasteiger partial charge >= 0.3 is 0 Å². The van der Waals surface area contributed by atoms with Crippen LogP contribution in [0, 0.1) is 29.6 Å². The predicted molar refractivity (Wildman–Crippen MR) is 130 cm³/mol. The molecule has 0 amide bonds. The molecule has 0 radical (unpaired) electrons. The highest BCUT2D eigenvalue weighted by molar-refractivity contribution is 5.61. The van der Waals surface area contributed by atoms with Crippen LogP contribution in [0.15, 0.2) is 36.4 Å². The summed E-state index contributed by atoms with van der Waals surface area (Å²) in [6, 6.07) is 16.2. The maximum atomic E-state index is 9.42. The molecule has 0 bridgehead atoms. The minimum absolute atomic E-state index is 0.192. The van der Waals surface area contributed by atoms with Gasteiger partial charge < -0.3 is 33.5 Å². The molecule has 2 aliphatic rings. The van der Waals surface area contributed by atoms with Gasteiger partial charge in [0, 0.05) is 18.7 Å². The molecule has 0 N–H and O–H groups in total. The molecule has 0 saturated carbocycles. The molecular weight excluding hydrogens is 448 g/mol. The van der Waals surface area contributed by atoms with Crippen LogP contribution in [-0.4, -0.2) is 65.8 Å². The smallest absolute Gasteiger partial charge is 0.184 e. The van der Waals surface area contributed by atoms with Gasteiger partial charge in [-0.2, -0.15) is 10.5 Å². The van der Waals surface area contributed by atoms with E-state index in [-0.39, 0.29) is 13.1 Å². The maximum Gasteiger partial charge on any atom is 0.184 e. The molecule has 0 atom stereocenters. The van der Waals surface area contributed by atoms with E-state index < -0.39 is 6.29 Å². The van der Waals surface area contributed by atoms with Gasteiger partial charge in [0.25, 0.3) is 0 Å². The minimum atomic E-state index is -0.425. The van der Waals surface area contributed by atoms with E-state index in [2.05, 4.69) is 12.1 Å². The van der Waals surface area contributed by atoms with Crippen molar-refractivity contribution >= 4 is 11.4 Å². The summed E-state index contributed by atoms with van der Waals surface area (Å²) in [6.07, 6.45) is -0.425. The first kappa shape index (κ1) is 24.6. The third kappa shape index (κ3) is 6.34. The van der Waals surface area contributed by atoms with E-state index in [1.165, 1.54) is 0 Å². The SMILES string of the molecule is Cc1ccc2c(c1)OCCOc1cc(C3OCCO3)ccc1N(CC#N)CCOCCN2CC#N. The van der Waals surface area contributed by atoms with Gasteiger partial charge in [0.1, 0.15) is 37.8 Å². The molecule has 0 spiro atoms. The van der Waals surface area contributed by atoms with Crippen LogP contribution in [0.2, 0.25) is 0 Å². The van der Waals surface area contributed by atoms with Crippen LogP contribution in [-0.2, 0) is 14.2 Å². The van der Waals surface area contributed by atoms with E-state index in [1.807, 2.05) is 53.1 Å². The fourth-order valence-electron chi connectivity index (χ4n) is 4.10. The molecule has 184 valence electrons. The fraction of sp³-hybridized carbons (Fsp3) is 0.462. The van der Waals surface area contributed by atoms with E-state index in [1.54, 1.807) is 0 Å². The van der Waals surface area contributed by atoms with Gasteiger partial charge in [-0.3, -0.25) is 0 Å². The fourth-order valence-corrected chi connectivity index (χ4v) is 4.10. The highest BCUT2D eigenvalue weighted by Crippen LogP contribution is 2.34. The maximum absolute atomic E-state index is 9.42. The highest BCUT2D eigenvalue weighted by atomic mass is 16.7. The number of hydrogen-bond acceptors (Lipinski definition) is 9. The van der Waals surface area contributed by atoms with E-state index in [9.17, 15) is 10.5 Å². The quantitative estimate of drug-likeness (QED) is 0.616. The van der Waals surface area contributed by atoms with Crippen LogP contribution < -0.4 is 19.3 Å². The largest absolute Gasteiger partial charge is 0.488 e. The summed E-state index contributed by atoms with van der Waals surface area (Å²) in [5.41, 5.74) is 3.57. The van der Waals surface area contributed by atoms with Crippen molar-refractivity contribution in [3.63, 3.8) is 0 Å². The summed E-state index contributed by atoms with van der Waals surface area (Å²) in [6.45, 7) is 6.05. The highest BCUT2D eigenvalue weighted by Gasteiger charge is 2.22. The Hall–Kier alpha value is -3.50. The first-order valence-corrected chi connectivity index (χ1v) is 11.7. The van der Waals surface area contributed by atoms with Gasteiger partial charge in [-0.05, 0) is 36.8 Å². The minimum Gasteiger partial charge on any atom is -0.488 e. The molecule has 35 heavy (non-hydrogen) atoms. The molecule has 1 fully saturated rings. The average Bonchev–Trinajstić information content (AvgIpc) is 3.40. The third-order valence-corrected chi connectivity index (χ3v) is 5.81. The topological polar surface area (TPSA) is 100 Å². The van der Waals surface area contributed by atoms with E-state index in [4.69, 9.17) is 23.7 Å². The number of nitriles is 2. The molecule has 0 unspecified atom stereocenters. The molecular formula is C26H30N4O5. The van der Waals surface area contributed by atoms with Crippen LogP contribution in [0.1, 0.15) is 17.4 Å². The summed E-state index contributed by atoms with van der Waals surface area (Å²) in [4.78, 5) is 3.88. The molecule has 2 aromatic carbocycles. The Kier molecular flexibility index (Phi) is 8.63. The Morgan fingerprint density at radius 3 is 1.94 bits per heavy atom. The lowest BCUT2D eigenvalue weighted by atomic mass is 10.1. The summed E-state index contributed by atoms with van der Waals surface area (Å²) in [5.74, 6) is 1.33. The van der Waals surface area contributed by atoms with Crippen LogP contribution >= 0.6 is 0 Å². The monoisotopic (exact) mass is 478 g/mol. The molecule has 9 heteroatoms. The summed E-state index contributed by atoms with van der Waals surface area (Å²) in [5, 5.41) is 18.8. The Morgan fingerprint density at radius 2 is 1.34 bits per heavy atom. The number of benzene rings is 2. The van der Waals surface area contributed by atoms with Crippen LogP contribution in [0.3, 0.4) is 0 Å². The predicted octanol–water partition coefficient (Wildman–Crippen LogP) is 3.19. The standard InChI is InChI=1S/C26H30N4O5/c1-20-2-4-22-24(18-20)32-14-15-33-25-19-21(26-34-16-17-35-26)3-5-23(25)30(9-7-28)11-13-31-12-10-29(22)8-6-27/h2-5,18-19,26H,8-17H2,1H3. The van der Waals surface area contributed by atoms with Crippen molar-refractivity contribution in [2.24, 2.45) is 0 Å². The number of fused-ring (bicyclic) bond motifs is 2. The van der Waals surface area contributed by atoms with Gasteiger partial charge in [-0.25, -0.2) is 0 Å². The van der Waals surface area contributed by atoms with Crippen LogP contribution in [0.5, 0.6) is 11.5 Å². The molecule has 1 saturated heterocycles. The van der Waals surface area contributed by atoms with Gasteiger partial charge in [0.15, 0.2) is 6.29 Å². The van der Waals surface area contributed by atoms with E-state index in [0.29, 0.717) is 64.2 Å². The number of aryl methyl sites for hydroxylation is 1. The Balaban J connectivity index is 1.60. The molecule has 2 aliphatic heterocycles. The third-order valence-electron chi connectivity index (χ3n) is 5.81. The molecule has 2 heterocycles. The Labute approximate surface area is 205 Å². The lowest BCUT2D eigenvalue weighted by Crippen LogP contribution is -2.31. The van der Waals surface area contributed by atoms with Crippen molar-refractivity contribution in [3.05, 3.63) is 47.5 Å². The van der Waals surface area contributed by atoms with Gasteiger partial charge in [-0.15, -0.1) is 0 Å². The first-order chi connectivity index (χ1) is 17.2. The molecule has 0 aromatic heterocycles. The van der Waals surface area contributed by atoms with E-state index >= 15 is 0 Å². The van der Waals surface area contributed by atoms with Crippen molar-refractivity contribution in [1.29, 1.82) is 10.5 Å². The zero-order valence-corrected chi connectivity index (χ0v) is 19.9. The van der Waals surface area contributed by atoms with Crippen molar-refractivity contribution < 1.29 is 23.7 Å². The van der Waals surface area contributed by atoms with Gasteiger partial charge in [-0.1, -0.05) is 12.1 Å². The summed E-state index contributed by atoms with van der Waals surface area (Å²) < 4.78 is 29.5. The second kappa shape index (κ2) is 12.3. The Morgan fingerprint density at radius 1 is 0.771 bits per heavy atom. The molecule has 4 rings (SSSR count). The zero-order chi connectivity index (χ0) is 24.5. The van der Waals surface area contributed by atoms with Gasteiger partial charge in [0.2, 0.25) is 0 Å².